The van der Waals surface area contributed by atoms with Gasteiger partial charge in [0.25, 0.3) is 0 Å². The molecule has 0 radical (unpaired) electrons. The molecule has 0 saturated heterocycles. The Balaban J connectivity index is 2.82. The third-order valence-electron chi connectivity index (χ3n) is 1.49. The molecule has 1 aromatic heterocycles. The summed E-state index contributed by atoms with van der Waals surface area (Å²) in [6.07, 6.45) is 1.86. The molecule has 0 atom stereocenters. The Bertz CT molecular complexity index is 464. The van der Waals surface area contributed by atoms with Crippen LogP contribution in [0.2, 0.25) is 0 Å². The first kappa shape index (κ1) is 13.1. The predicted molar refractivity (Wildman–Crippen MR) is 61.9 cm³/mol. The van der Waals surface area contributed by atoms with Gasteiger partial charge in [-0.05, 0) is 15.9 Å². The third kappa shape index (κ3) is 3.83. The maximum absolute atomic E-state index is 11.2. The van der Waals surface area contributed by atoms with Crippen LogP contribution in [0.4, 0.5) is 10.6 Å². The highest BCUT2D eigenvalue weighted by atomic mass is 79.9. The van der Waals surface area contributed by atoms with Gasteiger partial charge in [-0.3, -0.25) is 5.32 Å². The van der Waals surface area contributed by atoms with Gasteiger partial charge in [0.15, 0.2) is 5.82 Å². The Morgan fingerprint density at radius 1 is 1.65 bits per heavy atom. The monoisotopic (exact) mass is 301 g/mol. The van der Waals surface area contributed by atoms with Crippen LogP contribution >= 0.6 is 15.9 Å². The number of nitrogens with one attached hydrogen (secondary N) is 1. The van der Waals surface area contributed by atoms with Gasteiger partial charge in [0.1, 0.15) is 6.61 Å². The van der Waals surface area contributed by atoms with Gasteiger partial charge < -0.3 is 9.84 Å². The minimum atomic E-state index is -1.29. The molecule has 1 amide bonds. The Morgan fingerprint density at radius 2 is 2.35 bits per heavy atom. The number of nitrogens with zero attached hydrogens (tertiary/aromatic N) is 2. The summed E-state index contributed by atoms with van der Waals surface area (Å²) in [4.78, 5) is 29.0. The fourth-order valence-electron chi connectivity index (χ4n) is 0.825. The van der Waals surface area contributed by atoms with E-state index >= 15 is 0 Å². The van der Waals surface area contributed by atoms with Gasteiger partial charge in [0, 0.05) is 6.20 Å². The van der Waals surface area contributed by atoms with E-state index in [0.29, 0.717) is 4.47 Å². The largest absolute Gasteiger partial charge is 0.475 e. The summed E-state index contributed by atoms with van der Waals surface area (Å²) < 4.78 is 5.00. The molecule has 90 valence electrons. The summed E-state index contributed by atoms with van der Waals surface area (Å²) in [6, 6.07) is 0. The first-order valence-corrected chi connectivity index (χ1v) is 5.14. The second kappa shape index (κ2) is 5.94. The number of carbonyl (C=O) groups is 2. The first-order valence-electron chi connectivity index (χ1n) is 4.35. The van der Waals surface area contributed by atoms with Crippen molar-refractivity contribution in [3.05, 3.63) is 29.1 Å². The van der Waals surface area contributed by atoms with Gasteiger partial charge in [-0.2, -0.15) is 0 Å². The number of carboxylic acid groups (broad SMARTS) is 1. The van der Waals surface area contributed by atoms with Crippen molar-refractivity contribution in [1.82, 2.24) is 9.97 Å². The summed E-state index contributed by atoms with van der Waals surface area (Å²) in [5, 5.41) is 10.9. The fraction of sp³-hybridized carbons (Fsp3) is 0.111. The molecule has 1 aromatic rings. The van der Waals surface area contributed by atoms with Crippen molar-refractivity contribution in [2.75, 3.05) is 11.9 Å². The van der Waals surface area contributed by atoms with Gasteiger partial charge in [-0.25, -0.2) is 19.6 Å². The van der Waals surface area contributed by atoms with Crippen molar-refractivity contribution >= 4 is 33.8 Å². The first-order chi connectivity index (χ1) is 8.04. The van der Waals surface area contributed by atoms with Crippen LogP contribution in [-0.4, -0.2) is 33.7 Å². The minimum Gasteiger partial charge on any atom is -0.475 e. The second-order valence-corrected chi connectivity index (χ2v) is 3.56. The van der Waals surface area contributed by atoms with Crippen molar-refractivity contribution in [1.29, 1.82) is 0 Å². The normalized spacial score (nSPS) is 9.47. The Morgan fingerprint density at radius 3 is 2.94 bits per heavy atom. The molecule has 17 heavy (non-hydrogen) atoms. The third-order valence-corrected chi connectivity index (χ3v) is 2.07. The van der Waals surface area contributed by atoms with Crippen molar-refractivity contribution in [3.8, 4) is 0 Å². The quantitative estimate of drug-likeness (QED) is 0.820. The molecular weight excluding hydrogens is 294 g/mol. The van der Waals surface area contributed by atoms with E-state index in [2.05, 4.69) is 42.5 Å². The van der Waals surface area contributed by atoms with Crippen LogP contribution in [0.5, 0.6) is 0 Å². The van der Waals surface area contributed by atoms with Crippen LogP contribution in [-0.2, 0) is 4.74 Å². The lowest BCUT2D eigenvalue weighted by Gasteiger charge is -2.06. The van der Waals surface area contributed by atoms with Crippen LogP contribution in [0.3, 0.4) is 0 Å². The number of rotatable bonds is 4. The Labute approximate surface area is 105 Å². The smallest absolute Gasteiger partial charge is 0.413 e. The van der Waals surface area contributed by atoms with Crippen LogP contribution in [0.25, 0.3) is 0 Å². The van der Waals surface area contributed by atoms with E-state index in [-0.39, 0.29) is 12.4 Å². The maximum atomic E-state index is 11.2. The van der Waals surface area contributed by atoms with Crippen LogP contribution in [0.1, 0.15) is 10.6 Å². The number of aromatic carboxylic acids is 1. The summed E-state index contributed by atoms with van der Waals surface area (Å²) in [5.74, 6) is -1.70. The minimum absolute atomic E-state index is 0.0199. The van der Waals surface area contributed by atoms with Crippen molar-refractivity contribution in [2.24, 2.45) is 0 Å². The molecule has 0 unspecified atom stereocenters. The molecule has 0 bridgehead atoms. The standard InChI is InChI=1S/C9H8BrN3O4/c1-2-3-17-9(16)13-6-5(10)4-11-7(12-6)8(14)15/h2,4H,1,3H2,(H,14,15)(H,11,12,13,16). The Hall–Kier alpha value is -1.96. The van der Waals surface area contributed by atoms with Crippen molar-refractivity contribution in [3.63, 3.8) is 0 Å². The number of halogens is 1. The van der Waals surface area contributed by atoms with E-state index in [1.165, 1.54) is 12.3 Å². The lowest BCUT2D eigenvalue weighted by Crippen LogP contribution is -2.16. The fourth-order valence-corrected chi connectivity index (χ4v) is 1.12. The SMILES string of the molecule is C=CCOC(=O)Nc1nc(C(=O)O)ncc1Br. The van der Waals surface area contributed by atoms with Crippen molar-refractivity contribution in [2.45, 2.75) is 0 Å². The average Bonchev–Trinajstić information content (AvgIpc) is 2.29. The van der Waals surface area contributed by atoms with Gasteiger partial charge in [-0.1, -0.05) is 12.7 Å². The highest BCUT2D eigenvalue weighted by Gasteiger charge is 2.13. The molecule has 0 aromatic carbocycles. The molecule has 0 fully saturated rings. The second-order valence-electron chi connectivity index (χ2n) is 2.71. The molecule has 2 N–H and O–H groups in total. The van der Waals surface area contributed by atoms with E-state index in [9.17, 15) is 9.59 Å². The molecule has 1 heterocycles. The van der Waals surface area contributed by atoms with Crippen LogP contribution < -0.4 is 5.32 Å². The highest BCUT2D eigenvalue weighted by Crippen LogP contribution is 2.18. The average molecular weight is 302 g/mol. The number of hydrogen-bond donors (Lipinski definition) is 2. The van der Waals surface area contributed by atoms with Crippen LogP contribution in [0.15, 0.2) is 23.3 Å². The molecule has 0 aliphatic rings. The van der Waals surface area contributed by atoms with E-state index in [0.717, 1.165) is 0 Å². The molecule has 0 aliphatic heterocycles. The summed E-state index contributed by atoms with van der Waals surface area (Å²) in [5.41, 5.74) is 0. The molecular formula is C9H8BrN3O4. The molecule has 8 heteroatoms. The summed E-state index contributed by atoms with van der Waals surface area (Å²) >= 11 is 3.07. The van der Waals surface area contributed by atoms with E-state index in [4.69, 9.17) is 5.11 Å². The zero-order valence-corrected chi connectivity index (χ0v) is 10.1. The number of aromatic nitrogens is 2. The van der Waals surface area contributed by atoms with E-state index in [1.807, 2.05) is 0 Å². The van der Waals surface area contributed by atoms with Crippen LogP contribution in [0, 0.1) is 0 Å². The number of carboxylic acids is 1. The number of amides is 1. The molecule has 0 saturated carbocycles. The van der Waals surface area contributed by atoms with E-state index in [1.54, 1.807) is 0 Å². The van der Waals surface area contributed by atoms with Gasteiger partial charge in [0.2, 0.25) is 5.82 Å². The highest BCUT2D eigenvalue weighted by molar-refractivity contribution is 9.10. The maximum Gasteiger partial charge on any atom is 0.413 e. The molecule has 0 aliphatic carbocycles. The zero-order chi connectivity index (χ0) is 12.8. The molecule has 0 spiro atoms. The molecule has 7 nitrogen and oxygen atoms in total. The zero-order valence-electron chi connectivity index (χ0n) is 8.51. The topological polar surface area (TPSA) is 101 Å². The number of hydrogen-bond acceptors (Lipinski definition) is 5. The van der Waals surface area contributed by atoms with Gasteiger partial charge >= 0.3 is 12.1 Å². The summed E-state index contributed by atoms with van der Waals surface area (Å²) in [6.45, 7) is 3.42. The predicted octanol–water partition coefficient (Wildman–Crippen LogP) is 1.67. The van der Waals surface area contributed by atoms with Crippen molar-refractivity contribution < 1.29 is 19.4 Å². The number of ether oxygens (including phenoxy) is 1. The number of carbonyl (C=O) groups excluding carboxylic acids is 1. The lowest BCUT2D eigenvalue weighted by atomic mass is 10.5. The van der Waals surface area contributed by atoms with Gasteiger partial charge in [-0.15, -0.1) is 0 Å². The molecule has 1 rings (SSSR count). The van der Waals surface area contributed by atoms with Gasteiger partial charge in [0.05, 0.1) is 4.47 Å². The lowest BCUT2D eigenvalue weighted by molar-refractivity contribution is 0.0683. The number of anilines is 1. The van der Waals surface area contributed by atoms with E-state index < -0.39 is 17.9 Å². The summed E-state index contributed by atoms with van der Waals surface area (Å²) in [7, 11) is 0. The Kier molecular flexibility index (Phi) is 4.58.